The maximum Gasteiger partial charge on any atom is 0.234 e. The minimum Gasteiger partial charge on any atom is -0.495 e. The largest absolute Gasteiger partial charge is 0.495 e. The van der Waals surface area contributed by atoms with E-state index < -0.39 is 0 Å². The minimum absolute atomic E-state index is 0.134. The van der Waals surface area contributed by atoms with Crippen molar-refractivity contribution in [3.8, 4) is 22.9 Å². The number of carbonyl (C=O) groups is 1. The van der Waals surface area contributed by atoms with E-state index in [0.29, 0.717) is 44.8 Å². The number of anilines is 1. The van der Waals surface area contributed by atoms with Crippen LogP contribution in [0.5, 0.6) is 11.5 Å². The molecule has 10 heteroatoms. The fourth-order valence-corrected chi connectivity index (χ4v) is 4.05. The molecule has 1 N–H and O–H groups in total. The lowest BCUT2D eigenvalue weighted by molar-refractivity contribution is -0.113. The number of hydrogen-bond donors (Lipinski definition) is 1. The molecule has 0 saturated carbocycles. The highest BCUT2D eigenvalue weighted by Crippen LogP contribution is 2.36. The Labute approximate surface area is 188 Å². The first-order valence-corrected chi connectivity index (χ1v) is 10.7. The molecule has 0 saturated heterocycles. The van der Waals surface area contributed by atoms with Gasteiger partial charge in [0, 0.05) is 24.2 Å². The summed E-state index contributed by atoms with van der Waals surface area (Å²) in [6.07, 6.45) is 0. The normalized spacial score (nSPS) is 10.7. The summed E-state index contributed by atoms with van der Waals surface area (Å²) in [6.45, 7) is 2.62. The van der Waals surface area contributed by atoms with Crippen molar-refractivity contribution in [1.82, 2.24) is 14.8 Å². The van der Waals surface area contributed by atoms with Crippen LogP contribution in [0.1, 0.15) is 6.92 Å². The van der Waals surface area contributed by atoms with Gasteiger partial charge in [0.25, 0.3) is 0 Å². The Balaban J connectivity index is 1.74. The van der Waals surface area contributed by atoms with Crippen LogP contribution in [0.25, 0.3) is 11.4 Å². The molecule has 0 fully saturated rings. The second-order valence-electron chi connectivity index (χ2n) is 6.05. The van der Waals surface area contributed by atoms with E-state index in [1.165, 1.54) is 26.0 Å². The first-order chi connectivity index (χ1) is 14.5. The van der Waals surface area contributed by atoms with Gasteiger partial charge in [0.05, 0.1) is 35.7 Å². The molecule has 3 rings (SSSR count). The third kappa shape index (κ3) is 4.83. The molecule has 0 unspecified atom stereocenters. The second kappa shape index (κ2) is 10.1. The molecule has 0 spiro atoms. The predicted octanol–water partition coefficient (Wildman–Crippen LogP) is 5.02. The van der Waals surface area contributed by atoms with Crippen molar-refractivity contribution in [2.24, 2.45) is 0 Å². The Hall–Kier alpha value is -2.42. The summed E-state index contributed by atoms with van der Waals surface area (Å²) >= 11 is 13.7. The number of ether oxygens (including phenoxy) is 2. The van der Waals surface area contributed by atoms with E-state index in [-0.39, 0.29) is 11.7 Å². The first kappa shape index (κ1) is 22.3. The van der Waals surface area contributed by atoms with Crippen LogP contribution in [0.15, 0.2) is 41.6 Å². The number of halogens is 2. The number of nitrogens with zero attached hydrogens (tertiary/aromatic N) is 3. The Kier molecular flexibility index (Phi) is 7.47. The van der Waals surface area contributed by atoms with Crippen LogP contribution < -0.4 is 14.8 Å². The maximum atomic E-state index is 12.5. The number of methoxy groups -OCH3 is 2. The Morgan fingerprint density at radius 2 is 1.83 bits per heavy atom. The molecule has 1 amide bonds. The molecule has 7 nitrogen and oxygen atoms in total. The standard InChI is InChI=1S/C20H20Cl2N4O3S/c1-4-26-19(12-7-5-6-8-13(12)21)24-25-20(26)30-11-18(27)23-15-10-16(28-2)14(22)9-17(15)29-3/h5-10H,4,11H2,1-3H3,(H,23,27). The van der Waals surface area contributed by atoms with Crippen molar-refractivity contribution >= 4 is 46.6 Å². The molecule has 0 atom stereocenters. The number of thioether (sulfide) groups is 1. The second-order valence-corrected chi connectivity index (χ2v) is 7.81. The van der Waals surface area contributed by atoms with E-state index in [4.69, 9.17) is 32.7 Å². The zero-order valence-electron chi connectivity index (χ0n) is 16.6. The van der Waals surface area contributed by atoms with Crippen LogP contribution in [-0.2, 0) is 11.3 Å². The number of nitrogens with one attached hydrogen (secondary N) is 1. The van der Waals surface area contributed by atoms with Gasteiger partial charge in [0.15, 0.2) is 11.0 Å². The third-order valence-electron chi connectivity index (χ3n) is 4.23. The fraction of sp³-hybridized carbons (Fsp3) is 0.250. The van der Waals surface area contributed by atoms with Crippen molar-refractivity contribution in [3.63, 3.8) is 0 Å². The lowest BCUT2D eigenvalue weighted by Crippen LogP contribution is -2.15. The summed E-state index contributed by atoms with van der Waals surface area (Å²) in [4.78, 5) is 12.5. The van der Waals surface area contributed by atoms with Crippen LogP contribution in [0.2, 0.25) is 10.0 Å². The van der Waals surface area contributed by atoms with E-state index in [0.717, 1.165) is 5.56 Å². The molecule has 0 aliphatic carbocycles. The molecular formula is C20H20Cl2N4O3S. The van der Waals surface area contributed by atoms with Crippen molar-refractivity contribution in [2.45, 2.75) is 18.6 Å². The van der Waals surface area contributed by atoms with Gasteiger partial charge in [0.1, 0.15) is 11.5 Å². The van der Waals surface area contributed by atoms with E-state index in [9.17, 15) is 4.79 Å². The molecule has 0 aliphatic rings. The van der Waals surface area contributed by atoms with Gasteiger partial charge in [-0.15, -0.1) is 10.2 Å². The molecule has 0 bridgehead atoms. The molecule has 30 heavy (non-hydrogen) atoms. The Morgan fingerprint density at radius 1 is 1.10 bits per heavy atom. The molecule has 2 aromatic carbocycles. The van der Waals surface area contributed by atoms with Gasteiger partial charge in [-0.2, -0.15) is 0 Å². The van der Waals surface area contributed by atoms with Gasteiger partial charge in [-0.05, 0) is 19.1 Å². The Morgan fingerprint density at radius 3 is 2.50 bits per heavy atom. The number of amides is 1. The first-order valence-electron chi connectivity index (χ1n) is 9.00. The van der Waals surface area contributed by atoms with Crippen molar-refractivity contribution in [2.75, 3.05) is 25.3 Å². The summed E-state index contributed by atoms with van der Waals surface area (Å²) in [6, 6.07) is 10.7. The van der Waals surface area contributed by atoms with Gasteiger partial charge in [-0.25, -0.2) is 0 Å². The van der Waals surface area contributed by atoms with Crippen molar-refractivity contribution in [3.05, 3.63) is 46.4 Å². The highest BCUT2D eigenvalue weighted by Gasteiger charge is 2.17. The average molecular weight is 467 g/mol. The van der Waals surface area contributed by atoms with Gasteiger partial charge >= 0.3 is 0 Å². The minimum atomic E-state index is -0.229. The van der Waals surface area contributed by atoms with E-state index >= 15 is 0 Å². The van der Waals surface area contributed by atoms with Gasteiger partial charge in [0.2, 0.25) is 5.91 Å². The molecule has 0 radical (unpaired) electrons. The number of carbonyl (C=O) groups excluding carboxylic acids is 1. The van der Waals surface area contributed by atoms with Crippen LogP contribution in [-0.4, -0.2) is 40.6 Å². The molecule has 158 valence electrons. The van der Waals surface area contributed by atoms with E-state index in [2.05, 4.69) is 15.5 Å². The van der Waals surface area contributed by atoms with Crippen LogP contribution in [0, 0.1) is 0 Å². The van der Waals surface area contributed by atoms with Gasteiger partial charge < -0.3 is 19.4 Å². The average Bonchev–Trinajstić information content (AvgIpc) is 3.16. The fourth-order valence-electron chi connectivity index (χ4n) is 2.80. The summed E-state index contributed by atoms with van der Waals surface area (Å²) < 4.78 is 12.4. The quantitative estimate of drug-likeness (QED) is 0.469. The molecule has 0 aliphatic heterocycles. The molecule has 1 heterocycles. The SMILES string of the molecule is CCn1c(SCC(=O)Nc2cc(OC)c(Cl)cc2OC)nnc1-c1ccccc1Cl. The topological polar surface area (TPSA) is 78.3 Å². The summed E-state index contributed by atoms with van der Waals surface area (Å²) in [5.74, 6) is 1.45. The summed E-state index contributed by atoms with van der Waals surface area (Å²) in [7, 11) is 3.01. The number of aromatic nitrogens is 3. The zero-order valence-corrected chi connectivity index (χ0v) is 18.9. The third-order valence-corrected chi connectivity index (χ3v) is 5.82. The number of hydrogen-bond acceptors (Lipinski definition) is 6. The van der Waals surface area contributed by atoms with Gasteiger partial charge in [-0.1, -0.05) is 47.1 Å². The summed E-state index contributed by atoms with van der Waals surface area (Å²) in [5.41, 5.74) is 1.26. The molecular weight excluding hydrogens is 447 g/mol. The lowest BCUT2D eigenvalue weighted by atomic mass is 10.2. The smallest absolute Gasteiger partial charge is 0.234 e. The lowest BCUT2D eigenvalue weighted by Gasteiger charge is -2.13. The highest BCUT2D eigenvalue weighted by atomic mass is 35.5. The monoisotopic (exact) mass is 466 g/mol. The van der Waals surface area contributed by atoms with E-state index in [1.807, 2.05) is 29.7 Å². The van der Waals surface area contributed by atoms with Crippen LogP contribution in [0.3, 0.4) is 0 Å². The maximum absolute atomic E-state index is 12.5. The zero-order chi connectivity index (χ0) is 21.7. The molecule has 1 aromatic heterocycles. The van der Waals surface area contributed by atoms with Crippen molar-refractivity contribution in [1.29, 1.82) is 0 Å². The van der Waals surface area contributed by atoms with E-state index in [1.54, 1.807) is 18.2 Å². The highest BCUT2D eigenvalue weighted by molar-refractivity contribution is 7.99. The summed E-state index contributed by atoms with van der Waals surface area (Å²) in [5, 5.41) is 12.9. The van der Waals surface area contributed by atoms with Gasteiger partial charge in [-0.3, -0.25) is 4.79 Å². The molecule has 3 aromatic rings. The predicted molar refractivity (Wildman–Crippen MR) is 120 cm³/mol. The van der Waals surface area contributed by atoms with Crippen molar-refractivity contribution < 1.29 is 14.3 Å². The van der Waals surface area contributed by atoms with Crippen LogP contribution in [0.4, 0.5) is 5.69 Å². The van der Waals surface area contributed by atoms with Crippen LogP contribution >= 0.6 is 35.0 Å². The Bertz CT molecular complexity index is 1060. The number of rotatable bonds is 8. The number of benzene rings is 2.